The molecule has 0 saturated carbocycles. The first-order valence-corrected chi connectivity index (χ1v) is 10.5. The summed E-state index contributed by atoms with van der Waals surface area (Å²) in [5.74, 6) is -1.65. The maximum absolute atomic E-state index is 12.7. The van der Waals surface area contributed by atoms with Gasteiger partial charge in [0.2, 0.25) is 0 Å². The van der Waals surface area contributed by atoms with E-state index in [0.717, 1.165) is 6.92 Å². The molecule has 2 atom stereocenters. The zero-order chi connectivity index (χ0) is 18.5. The molecule has 0 radical (unpaired) electrons. The summed E-state index contributed by atoms with van der Waals surface area (Å²) in [7, 11) is 0. The Morgan fingerprint density at radius 2 is 1.76 bits per heavy atom. The van der Waals surface area contributed by atoms with Crippen molar-refractivity contribution in [3.63, 3.8) is 0 Å². The average Bonchev–Trinajstić information content (AvgIpc) is 2.60. The minimum absolute atomic E-state index is 0.0771. The Bertz CT molecular complexity index is 799. The second-order valence-corrected chi connectivity index (χ2v) is 8.91. The van der Waals surface area contributed by atoms with Crippen LogP contribution in [0.15, 0.2) is 54.9 Å². The Hall–Kier alpha value is -2.41. The summed E-state index contributed by atoms with van der Waals surface area (Å²) in [6.07, 6.45) is 2.81. The first-order chi connectivity index (χ1) is 11.8. The van der Waals surface area contributed by atoms with Gasteiger partial charge in [-0.05, 0) is 0 Å². The van der Waals surface area contributed by atoms with E-state index >= 15 is 0 Å². The molecule has 2 aromatic rings. The number of pyridine rings is 1. The van der Waals surface area contributed by atoms with Crippen LogP contribution in [0.25, 0.3) is 0 Å². The molecular formula is C16H17AsN2O6. The van der Waals surface area contributed by atoms with E-state index in [1.807, 2.05) is 5.48 Å². The number of carbonyl (C=O) groups excluding carboxylic acids is 2. The third-order valence-corrected chi connectivity index (χ3v) is 6.58. The van der Waals surface area contributed by atoms with Crippen LogP contribution in [0.2, 0.25) is 0 Å². The molecule has 2 unspecified atom stereocenters. The number of hydrogen-bond acceptors (Lipinski definition) is 6. The van der Waals surface area contributed by atoms with Crippen LogP contribution in [0.1, 0.15) is 19.4 Å². The van der Waals surface area contributed by atoms with Gasteiger partial charge >= 0.3 is 147 Å². The number of hydrogen-bond donors (Lipinski definition) is 2. The normalized spacial score (nSPS) is 15.5. The van der Waals surface area contributed by atoms with E-state index in [2.05, 4.69) is 4.98 Å². The van der Waals surface area contributed by atoms with Gasteiger partial charge in [0.1, 0.15) is 0 Å². The van der Waals surface area contributed by atoms with Crippen molar-refractivity contribution in [3.05, 3.63) is 60.4 Å². The molecule has 9 heteroatoms. The molecule has 0 aliphatic heterocycles. The van der Waals surface area contributed by atoms with Crippen molar-refractivity contribution in [2.75, 3.05) is 0 Å². The number of benzene rings is 1. The van der Waals surface area contributed by atoms with Gasteiger partial charge in [0, 0.05) is 0 Å². The molecule has 0 fully saturated rings. The van der Waals surface area contributed by atoms with Crippen molar-refractivity contribution in [1.82, 2.24) is 10.5 Å². The van der Waals surface area contributed by atoms with E-state index in [9.17, 15) is 17.4 Å². The molecule has 8 nitrogen and oxygen atoms in total. The Balaban J connectivity index is 2.40. The number of carbonyl (C=O) groups is 2. The summed E-state index contributed by atoms with van der Waals surface area (Å²) in [5, 5.41) is 0. The minimum atomic E-state index is -5.10. The van der Waals surface area contributed by atoms with Crippen LogP contribution in [0.4, 0.5) is 0 Å². The van der Waals surface area contributed by atoms with Crippen molar-refractivity contribution in [3.8, 4) is 0 Å². The number of nitrogens with one attached hydrogen (secondary N) is 1. The van der Waals surface area contributed by atoms with E-state index in [4.69, 9.17) is 8.56 Å². The molecule has 132 valence electrons. The standard InChI is InChI=1S/C16H17AsN2O6/c1-12(20)19-24-15(21)16(2,13-8-10-18-11-9-13)25-17(22,23)14-6-4-3-5-7-14/h3-11H,1-2H3,(H,19,20)(H,22,23). The zero-order valence-corrected chi connectivity index (χ0v) is 15.5. The topological polar surface area (TPSA) is 115 Å². The fourth-order valence-electron chi connectivity index (χ4n) is 2.01. The molecule has 1 amide bonds. The second-order valence-electron chi connectivity index (χ2n) is 5.26. The van der Waals surface area contributed by atoms with Crippen LogP contribution in [-0.4, -0.2) is 35.1 Å². The predicted octanol–water partition coefficient (Wildman–Crippen LogP) is 0.177. The molecule has 0 spiro atoms. The van der Waals surface area contributed by atoms with Gasteiger partial charge in [-0.3, -0.25) is 0 Å². The van der Waals surface area contributed by atoms with Crippen molar-refractivity contribution in [2.45, 2.75) is 19.4 Å². The summed E-state index contributed by atoms with van der Waals surface area (Å²) in [4.78, 5) is 32.0. The molecule has 1 aromatic heterocycles. The number of amides is 1. The van der Waals surface area contributed by atoms with Crippen LogP contribution < -0.4 is 9.83 Å². The number of hydroxylamine groups is 1. The summed E-state index contributed by atoms with van der Waals surface area (Å²) < 4.78 is 28.6. The monoisotopic (exact) mass is 408 g/mol. The van der Waals surface area contributed by atoms with Gasteiger partial charge in [-0.2, -0.15) is 0 Å². The Kier molecular flexibility index (Phi) is 5.79. The molecular weight excluding hydrogens is 391 g/mol. The first-order valence-electron chi connectivity index (χ1n) is 7.23. The number of rotatable bonds is 5. The van der Waals surface area contributed by atoms with Gasteiger partial charge in [0.25, 0.3) is 0 Å². The molecule has 0 aliphatic carbocycles. The van der Waals surface area contributed by atoms with Crippen LogP contribution >= 0.6 is 0 Å². The zero-order valence-electron chi connectivity index (χ0n) is 13.6. The van der Waals surface area contributed by atoms with E-state index in [-0.39, 0.29) is 9.91 Å². The molecule has 0 aliphatic rings. The summed E-state index contributed by atoms with van der Waals surface area (Å²) in [5.41, 5.74) is 0.226. The van der Waals surface area contributed by atoms with E-state index in [1.165, 1.54) is 43.6 Å². The van der Waals surface area contributed by atoms with Crippen molar-refractivity contribution in [1.29, 1.82) is 0 Å². The Morgan fingerprint density at radius 1 is 1.16 bits per heavy atom. The van der Waals surface area contributed by atoms with Crippen molar-refractivity contribution < 1.29 is 26.0 Å². The number of nitrogens with zero attached hydrogens (tertiary/aromatic N) is 1. The molecule has 0 bridgehead atoms. The third kappa shape index (κ3) is 4.57. The van der Waals surface area contributed by atoms with Crippen molar-refractivity contribution >= 4 is 30.4 Å². The SMILES string of the molecule is CC(=O)NOC(=O)C(C)(O[As](=O)(O)c1ccccc1)c1ccncc1. The molecule has 2 rings (SSSR count). The van der Waals surface area contributed by atoms with Gasteiger partial charge in [-0.15, -0.1) is 0 Å². The van der Waals surface area contributed by atoms with Gasteiger partial charge in [0.15, 0.2) is 0 Å². The third-order valence-electron chi connectivity index (χ3n) is 3.30. The summed E-state index contributed by atoms with van der Waals surface area (Å²) in [6.45, 7) is 2.45. The van der Waals surface area contributed by atoms with Crippen LogP contribution in [0, 0.1) is 0 Å². The Morgan fingerprint density at radius 3 is 2.32 bits per heavy atom. The Labute approximate surface area is 147 Å². The van der Waals surface area contributed by atoms with Gasteiger partial charge in [-0.1, -0.05) is 0 Å². The van der Waals surface area contributed by atoms with E-state index < -0.39 is 31.7 Å². The molecule has 25 heavy (non-hydrogen) atoms. The average molecular weight is 408 g/mol. The van der Waals surface area contributed by atoms with E-state index in [0.29, 0.717) is 0 Å². The quantitative estimate of drug-likeness (QED) is 0.536. The van der Waals surface area contributed by atoms with E-state index in [1.54, 1.807) is 18.2 Å². The fraction of sp³-hybridized carbons (Fsp3) is 0.188. The molecule has 0 saturated heterocycles. The van der Waals surface area contributed by atoms with Gasteiger partial charge in [-0.25, -0.2) is 0 Å². The molecule has 1 heterocycles. The fourth-order valence-corrected chi connectivity index (χ4v) is 4.80. The van der Waals surface area contributed by atoms with Crippen LogP contribution in [-0.2, 0) is 27.5 Å². The first kappa shape index (κ1) is 18.9. The van der Waals surface area contributed by atoms with Crippen molar-refractivity contribution in [2.24, 2.45) is 0 Å². The molecule has 2 N–H and O–H groups in total. The summed E-state index contributed by atoms with van der Waals surface area (Å²) in [6, 6.07) is 10.6. The van der Waals surface area contributed by atoms with Gasteiger partial charge < -0.3 is 0 Å². The van der Waals surface area contributed by atoms with Crippen LogP contribution in [0.5, 0.6) is 0 Å². The molecule has 1 aromatic carbocycles. The van der Waals surface area contributed by atoms with Gasteiger partial charge in [0.05, 0.1) is 0 Å². The number of aromatic nitrogens is 1. The summed E-state index contributed by atoms with van der Waals surface area (Å²) >= 11 is -5.10. The second kappa shape index (κ2) is 7.65. The predicted molar refractivity (Wildman–Crippen MR) is 87.3 cm³/mol. The maximum atomic E-state index is 12.7. The van der Waals surface area contributed by atoms with Crippen LogP contribution in [0.3, 0.4) is 0 Å².